The second-order valence-corrected chi connectivity index (χ2v) is 3.85. The maximum Gasteiger partial charge on any atom is 0.326 e. The van der Waals surface area contributed by atoms with Gasteiger partial charge in [-0.15, -0.1) is 0 Å². The van der Waals surface area contributed by atoms with Crippen LogP contribution in [0.25, 0.3) is 6.08 Å². The lowest BCUT2D eigenvalue weighted by Gasteiger charge is -2.12. The number of carbonyl (C=O) groups excluding carboxylic acids is 1. The van der Waals surface area contributed by atoms with Gasteiger partial charge in [0, 0.05) is 18.5 Å². The Hall–Kier alpha value is -2.11. The van der Waals surface area contributed by atoms with Crippen molar-refractivity contribution in [3.05, 3.63) is 24.3 Å². The number of carboxylic acids is 1. The van der Waals surface area contributed by atoms with Crippen molar-refractivity contribution < 1.29 is 14.7 Å². The van der Waals surface area contributed by atoms with Crippen molar-refractivity contribution in [3.8, 4) is 0 Å². The SMILES string of the molecule is CCCCC(NC(=O)/C=C/c1ncc[nH]1)C(=O)O. The molecule has 1 amide bonds. The average molecular weight is 251 g/mol. The number of imidazole rings is 1. The molecule has 1 rings (SSSR count). The lowest BCUT2D eigenvalue weighted by molar-refractivity contribution is -0.141. The molecule has 0 fully saturated rings. The molecule has 1 heterocycles. The maximum absolute atomic E-state index is 11.5. The first kappa shape index (κ1) is 14.0. The molecule has 3 N–H and O–H groups in total. The highest BCUT2D eigenvalue weighted by atomic mass is 16.4. The van der Waals surface area contributed by atoms with E-state index in [1.165, 1.54) is 12.2 Å². The molecule has 1 aromatic rings. The Kier molecular flexibility index (Phi) is 5.63. The predicted octanol–water partition coefficient (Wildman–Crippen LogP) is 1.18. The molecule has 0 saturated heterocycles. The van der Waals surface area contributed by atoms with Crippen LogP contribution in [0, 0.1) is 0 Å². The number of aliphatic carboxylic acids is 1. The molecule has 0 spiro atoms. The van der Waals surface area contributed by atoms with Crippen molar-refractivity contribution in [2.45, 2.75) is 32.2 Å². The number of unbranched alkanes of at least 4 members (excludes halogenated alkanes) is 1. The van der Waals surface area contributed by atoms with Gasteiger partial charge in [0.15, 0.2) is 0 Å². The minimum atomic E-state index is -1.01. The zero-order chi connectivity index (χ0) is 13.4. The largest absolute Gasteiger partial charge is 0.480 e. The molecule has 0 aliphatic heterocycles. The summed E-state index contributed by atoms with van der Waals surface area (Å²) in [6, 6.07) is -0.835. The number of hydrogen-bond acceptors (Lipinski definition) is 3. The zero-order valence-electron chi connectivity index (χ0n) is 10.2. The van der Waals surface area contributed by atoms with E-state index in [1.54, 1.807) is 12.4 Å². The molecule has 6 nitrogen and oxygen atoms in total. The second kappa shape index (κ2) is 7.26. The number of rotatable bonds is 7. The van der Waals surface area contributed by atoms with Crippen molar-refractivity contribution in [3.63, 3.8) is 0 Å². The van der Waals surface area contributed by atoms with Crippen LogP contribution in [0.3, 0.4) is 0 Å². The fourth-order valence-corrected chi connectivity index (χ4v) is 1.41. The zero-order valence-corrected chi connectivity index (χ0v) is 10.2. The van der Waals surface area contributed by atoms with Crippen LogP contribution in [0.4, 0.5) is 0 Å². The van der Waals surface area contributed by atoms with E-state index in [4.69, 9.17) is 5.11 Å². The Labute approximate surface area is 105 Å². The van der Waals surface area contributed by atoms with Crippen molar-refractivity contribution in [2.24, 2.45) is 0 Å². The van der Waals surface area contributed by atoms with E-state index < -0.39 is 17.9 Å². The molecule has 1 aromatic heterocycles. The summed E-state index contributed by atoms with van der Waals surface area (Å²) in [4.78, 5) is 29.2. The molecule has 18 heavy (non-hydrogen) atoms. The molecule has 6 heteroatoms. The first-order chi connectivity index (χ1) is 8.63. The van der Waals surface area contributed by atoms with Gasteiger partial charge < -0.3 is 15.4 Å². The van der Waals surface area contributed by atoms with Gasteiger partial charge in [0.05, 0.1) is 0 Å². The number of aromatic nitrogens is 2. The summed E-state index contributed by atoms with van der Waals surface area (Å²) in [6.45, 7) is 1.97. The standard InChI is InChI=1S/C12H17N3O3/c1-2-3-4-9(12(17)18)15-11(16)6-5-10-13-7-8-14-10/h5-9H,2-4H2,1H3,(H,13,14)(H,15,16)(H,17,18)/b6-5+. The fourth-order valence-electron chi connectivity index (χ4n) is 1.41. The van der Waals surface area contributed by atoms with Crippen molar-refractivity contribution in [1.82, 2.24) is 15.3 Å². The van der Waals surface area contributed by atoms with Crippen LogP contribution in [0.5, 0.6) is 0 Å². The van der Waals surface area contributed by atoms with Gasteiger partial charge in [-0.25, -0.2) is 9.78 Å². The van der Waals surface area contributed by atoms with E-state index >= 15 is 0 Å². The number of aromatic amines is 1. The Morgan fingerprint density at radius 3 is 2.94 bits per heavy atom. The molecule has 0 radical (unpaired) electrons. The number of carboxylic acid groups (broad SMARTS) is 1. The first-order valence-corrected chi connectivity index (χ1v) is 5.84. The number of carbonyl (C=O) groups is 2. The van der Waals surface area contributed by atoms with Gasteiger partial charge in [-0.05, 0) is 12.5 Å². The van der Waals surface area contributed by atoms with E-state index in [1.807, 2.05) is 6.92 Å². The molecular weight excluding hydrogens is 234 g/mol. The van der Waals surface area contributed by atoms with Crippen LogP contribution in [0.2, 0.25) is 0 Å². The van der Waals surface area contributed by atoms with Gasteiger partial charge in [0.25, 0.3) is 0 Å². The van der Waals surface area contributed by atoms with Gasteiger partial charge in [-0.2, -0.15) is 0 Å². The summed E-state index contributed by atoms with van der Waals surface area (Å²) in [5.74, 6) is -0.899. The minimum absolute atomic E-state index is 0.435. The van der Waals surface area contributed by atoms with Gasteiger partial charge in [0.2, 0.25) is 5.91 Å². The third kappa shape index (κ3) is 4.82. The van der Waals surface area contributed by atoms with E-state index in [9.17, 15) is 9.59 Å². The van der Waals surface area contributed by atoms with E-state index in [-0.39, 0.29) is 0 Å². The third-order valence-corrected chi connectivity index (χ3v) is 2.37. The highest BCUT2D eigenvalue weighted by Gasteiger charge is 2.17. The van der Waals surface area contributed by atoms with Gasteiger partial charge in [0.1, 0.15) is 11.9 Å². The molecule has 0 aromatic carbocycles. The molecule has 1 atom stereocenters. The highest BCUT2D eigenvalue weighted by Crippen LogP contribution is 2.01. The van der Waals surface area contributed by atoms with Crippen molar-refractivity contribution in [1.29, 1.82) is 0 Å². The van der Waals surface area contributed by atoms with Crippen LogP contribution in [0.15, 0.2) is 18.5 Å². The molecule has 98 valence electrons. The maximum atomic E-state index is 11.5. The first-order valence-electron chi connectivity index (χ1n) is 5.84. The summed E-state index contributed by atoms with van der Waals surface area (Å²) >= 11 is 0. The van der Waals surface area contributed by atoms with Gasteiger partial charge in [-0.3, -0.25) is 4.79 Å². The third-order valence-electron chi connectivity index (χ3n) is 2.37. The molecule has 0 bridgehead atoms. The Morgan fingerprint density at radius 2 is 2.39 bits per heavy atom. The van der Waals surface area contributed by atoms with Crippen molar-refractivity contribution >= 4 is 18.0 Å². The summed E-state index contributed by atoms with van der Waals surface area (Å²) in [5.41, 5.74) is 0. The number of nitrogens with zero attached hydrogens (tertiary/aromatic N) is 1. The molecule has 1 unspecified atom stereocenters. The molecular formula is C12H17N3O3. The Balaban J connectivity index is 2.48. The van der Waals surface area contributed by atoms with Crippen LogP contribution in [0.1, 0.15) is 32.0 Å². The second-order valence-electron chi connectivity index (χ2n) is 3.85. The van der Waals surface area contributed by atoms with E-state index in [2.05, 4.69) is 15.3 Å². The van der Waals surface area contributed by atoms with Gasteiger partial charge in [-0.1, -0.05) is 19.8 Å². The summed E-state index contributed by atoms with van der Waals surface area (Å²) in [5, 5.41) is 11.4. The Morgan fingerprint density at radius 1 is 1.61 bits per heavy atom. The fraction of sp³-hybridized carbons (Fsp3) is 0.417. The number of amides is 1. The van der Waals surface area contributed by atoms with Crippen LogP contribution in [-0.4, -0.2) is 33.0 Å². The van der Waals surface area contributed by atoms with E-state index in [0.717, 1.165) is 12.8 Å². The molecule has 0 aliphatic rings. The van der Waals surface area contributed by atoms with Crippen LogP contribution < -0.4 is 5.32 Å². The average Bonchev–Trinajstić information content (AvgIpc) is 2.84. The smallest absolute Gasteiger partial charge is 0.326 e. The monoisotopic (exact) mass is 251 g/mol. The number of hydrogen-bond donors (Lipinski definition) is 3. The topological polar surface area (TPSA) is 95.1 Å². The van der Waals surface area contributed by atoms with Crippen LogP contribution >= 0.6 is 0 Å². The minimum Gasteiger partial charge on any atom is -0.480 e. The lowest BCUT2D eigenvalue weighted by atomic mass is 10.1. The highest BCUT2D eigenvalue weighted by molar-refractivity contribution is 5.93. The number of H-pyrrole nitrogens is 1. The molecule has 0 aliphatic carbocycles. The van der Waals surface area contributed by atoms with E-state index in [0.29, 0.717) is 12.2 Å². The molecule has 0 saturated carbocycles. The Bertz CT molecular complexity index is 412. The number of nitrogens with one attached hydrogen (secondary N) is 2. The van der Waals surface area contributed by atoms with Crippen LogP contribution in [-0.2, 0) is 9.59 Å². The van der Waals surface area contributed by atoms with Crippen molar-refractivity contribution in [2.75, 3.05) is 0 Å². The lowest BCUT2D eigenvalue weighted by Crippen LogP contribution is -2.39. The summed E-state index contributed by atoms with van der Waals surface area (Å²) in [6.07, 6.45) is 8.06. The summed E-state index contributed by atoms with van der Waals surface area (Å²) in [7, 11) is 0. The predicted molar refractivity (Wildman–Crippen MR) is 66.7 cm³/mol. The summed E-state index contributed by atoms with van der Waals surface area (Å²) < 4.78 is 0. The normalized spacial score (nSPS) is 12.5. The quantitative estimate of drug-likeness (QED) is 0.634. The van der Waals surface area contributed by atoms with Gasteiger partial charge >= 0.3 is 5.97 Å².